The Morgan fingerprint density at radius 1 is 1.25 bits per heavy atom. The molecule has 1 heterocycles. The van der Waals surface area contributed by atoms with Crippen LogP contribution in [0.2, 0.25) is 0 Å². The number of carbonyl (C=O) groups excluding carboxylic acids is 2. The standard InChI is InChI=1S/C25H29N3O4/c1-7-27(15-17(2)3)24(29)16-32-25(30)21(14-26)13-20-12-18(4)28(19(20)5)22-8-10-23(31-6)11-9-22/h8-13H,2,7,15-16H2,1,3-6H3/b21-13+. The van der Waals surface area contributed by atoms with E-state index in [2.05, 4.69) is 6.58 Å². The highest BCUT2D eigenvalue weighted by molar-refractivity contribution is 5.99. The van der Waals surface area contributed by atoms with Crippen molar-refractivity contribution >= 4 is 18.0 Å². The molecule has 1 amide bonds. The van der Waals surface area contributed by atoms with Crippen molar-refractivity contribution in [3.8, 4) is 17.5 Å². The number of aromatic nitrogens is 1. The smallest absolute Gasteiger partial charge is 0.349 e. The van der Waals surface area contributed by atoms with Crippen LogP contribution in [-0.4, -0.2) is 48.1 Å². The second-order valence-corrected chi connectivity index (χ2v) is 7.47. The van der Waals surface area contributed by atoms with E-state index in [0.29, 0.717) is 13.1 Å². The van der Waals surface area contributed by atoms with Gasteiger partial charge in [0.2, 0.25) is 0 Å². The lowest BCUT2D eigenvalue weighted by atomic mass is 10.1. The number of nitrogens with zero attached hydrogens (tertiary/aromatic N) is 3. The molecule has 0 radical (unpaired) electrons. The third kappa shape index (κ3) is 5.88. The molecule has 0 aliphatic rings. The number of amides is 1. The molecule has 0 fully saturated rings. The van der Waals surface area contributed by atoms with Crippen LogP contribution < -0.4 is 4.74 Å². The first-order chi connectivity index (χ1) is 15.2. The van der Waals surface area contributed by atoms with Crippen molar-refractivity contribution in [2.24, 2.45) is 0 Å². The number of likely N-dealkylation sites (N-methyl/N-ethyl adjacent to an activating group) is 1. The maximum atomic E-state index is 12.4. The molecule has 32 heavy (non-hydrogen) atoms. The van der Waals surface area contributed by atoms with Gasteiger partial charge in [0.1, 0.15) is 17.4 Å². The fourth-order valence-corrected chi connectivity index (χ4v) is 3.35. The number of rotatable bonds is 9. The van der Waals surface area contributed by atoms with Crippen LogP contribution in [0.1, 0.15) is 30.8 Å². The lowest BCUT2D eigenvalue weighted by Gasteiger charge is -2.20. The van der Waals surface area contributed by atoms with Crippen LogP contribution in [0.4, 0.5) is 0 Å². The highest BCUT2D eigenvalue weighted by Gasteiger charge is 2.18. The summed E-state index contributed by atoms with van der Waals surface area (Å²) in [5.41, 5.74) is 4.12. The Hall–Kier alpha value is -3.79. The molecule has 0 saturated carbocycles. The first-order valence-electron chi connectivity index (χ1n) is 10.3. The minimum Gasteiger partial charge on any atom is -0.497 e. The number of methoxy groups -OCH3 is 1. The first kappa shape index (κ1) is 24.5. The zero-order chi connectivity index (χ0) is 23.8. The molecule has 0 bridgehead atoms. The van der Waals surface area contributed by atoms with Gasteiger partial charge in [-0.1, -0.05) is 12.2 Å². The Morgan fingerprint density at radius 2 is 1.91 bits per heavy atom. The van der Waals surface area contributed by atoms with Crippen molar-refractivity contribution in [3.63, 3.8) is 0 Å². The van der Waals surface area contributed by atoms with Crippen LogP contribution in [0.15, 0.2) is 48.1 Å². The number of hydrogen-bond donors (Lipinski definition) is 0. The van der Waals surface area contributed by atoms with Crippen molar-refractivity contribution in [1.82, 2.24) is 9.47 Å². The third-order valence-corrected chi connectivity index (χ3v) is 4.96. The SMILES string of the molecule is C=C(C)CN(CC)C(=O)COC(=O)/C(C#N)=C/c1cc(C)n(-c2ccc(OC)cc2)c1C. The van der Waals surface area contributed by atoms with Gasteiger partial charge in [-0.3, -0.25) is 4.79 Å². The molecule has 0 spiro atoms. The van der Waals surface area contributed by atoms with Crippen LogP contribution in [0.25, 0.3) is 11.8 Å². The average Bonchev–Trinajstić information content (AvgIpc) is 3.06. The van der Waals surface area contributed by atoms with Crippen LogP contribution in [0.5, 0.6) is 5.75 Å². The molecule has 168 valence electrons. The van der Waals surface area contributed by atoms with E-state index in [0.717, 1.165) is 34.0 Å². The van der Waals surface area contributed by atoms with Gasteiger partial charge in [-0.2, -0.15) is 5.26 Å². The second kappa shape index (κ2) is 11.0. The third-order valence-electron chi connectivity index (χ3n) is 4.96. The fourth-order valence-electron chi connectivity index (χ4n) is 3.35. The summed E-state index contributed by atoms with van der Waals surface area (Å²) in [4.78, 5) is 26.3. The quantitative estimate of drug-likeness (QED) is 0.257. The number of hydrogen-bond acceptors (Lipinski definition) is 5. The van der Waals surface area contributed by atoms with Gasteiger partial charge < -0.3 is 18.9 Å². The molecule has 0 atom stereocenters. The van der Waals surface area contributed by atoms with Crippen molar-refractivity contribution in [2.45, 2.75) is 27.7 Å². The molecule has 1 aromatic carbocycles. The molecule has 7 nitrogen and oxygen atoms in total. The van der Waals surface area contributed by atoms with Gasteiger partial charge in [0.15, 0.2) is 6.61 Å². The minimum atomic E-state index is -0.832. The van der Waals surface area contributed by atoms with Gasteiger partial charge in [0, 0.05) is 30.2 Å². The summed E-state index contributed by atoms with van der Waals surface area (Å²) in [7, 11) is 1.61. The molecule has 2 rings (SSSR count). The number of benzene rings is 1. The van der Waals surface area contributed by atoms with Gasteiger partial charge >= 0.3 is 5.97 Å². The van der Waals surface area contributed by atoms with E-state index < -0.39 is 12.6 Å². The molecule has 2 aromatic rings. The van der Waals surface area contributed by atoms with Crippen molar-refractivity contribution < 1.29 is 19.1 Å². The molecular formula is C25H29N3O4. The summed E-state index contributed by atoms with van der Waals surface area (Å²) in [6.07, 6.45) is 1.49. The summed E-state index contributed by atoms with van der Waals surface area (Å²) in [6.45, 7) is 11.7. The van der Waals surface area contributed by atoms with Gasteiger partial charge in [-0.25, -0.2) is 4.79 Å². The van der Waals surface area contributed by atoms with E-state index >= 15 is 0 Å². The zero-order valence-electron chi connectivity index (χ0n) is 19.3. The molecule has 1 aromatic heterocycles. The first-order valence-corrected chi connectivity index (χ1v) is 10.3. The summed E-state index contributed by atoms with van der Waals surface area (Å²) < 4.78 is 12.3. The summed E-state index contributed by atoms with van der Waals surface area (Å²) in [6, 6.07) is 11.4. The van der Waals surface area contributed by atoms with Crippen molar-refractivity contribution in [3.05, 3.63) is 65.0 Å². The normalized spacial score (nSPS) is 10.9. The number of ether oxygens (including phenoxy) is 2. The molecule has 0 saturated heterocycles. The van der Waals surface area contributed by atoms with Crippen LogP contribution >= 0.6 is 0 Å². The zero-order valence-corrected chi connectivity index (χ0v) is 19.3. The Morgan fingerprint density at radius 3 is 2.44 bits per heavy atom. The lowest BCUT2D eigenvalue weighted by Crippen LogP contribution is -2.35. The van der Waals surface area contributed by atoms with E-state index in [-0.39, 0.29) is 11.5 Å². The molecule has 0 aliphatic heterocycles. The number of esters is 1. The van der Waals surface area contributed by atoms with Crippen molar-refractivity contribution in [2.75, 3.05) is 26.8 Å². The van der Waals surface area contributed by atoms with E-state index in [4.69, 9.17) is 9.47 Å². The molecule has 0 N–H and O–H groups in total. The van der Waals surface area contributed by atoms with E-state index in [9.17, 15) is 14.9 Å². The predicted molar refractivity (Wildman–Crippen MR) is 123 cm³/mol. The van der Waals surface area contributed by atoms with E-state index in [1.54, 1.807) is 7.11 Å². The Balaban J connectivity index is 2.20. The fraction of sp³-hybridized carbons (Fsp3) is 0.320. The van der Waals surface area contributed by atoms with Gasteiger partial charge in [0.05, 0.1) is 7.11 Å². The largest absolute Gasteiger partial charge is 0.497 e. The van der Waals surface area contributed by atoms with Crippen molar-refractivity contribution in [1.29, 1.82) is 5.26 Å². The predicted octanol–water partition coefficient (Wildman–Crippen LogP) is 3.98. The van der Waals surface area contributed by atoms with E-state index in [1.165, 1.54) is 11.0 Å². The second-order valence-electron chi connectivity index (χ2n) is 7.47. The molecule has 0 aliphatic carbocycles. The summed E-state index contributed by atoms with van der Waals surface area (Å²) in [5.74, 6) is -0.411. The maximum absolute atomic E-state index is 12.4. The van der Waals surface area contributed by atoms with Gasteiger partial charge in [-0.15, -0.1) is 0 Å². The Bertz CT molecular complexity index is 1070. The Labute approximate surface area is 189 Å². The van der Waals surface area contributed by atoms with Gasteiger partial charge in [0.25, 0.3) is 5.91 Å². The number of aryl methyl sites for hydroxylation is 1. The van der Waals surface area contributed by atoms with Crippen LogP contribution in [-0.2, 0) is 14.3 Å². The van der Waals surface area contributed by atoms with Crippen LogP contribution in [0.3, 0.4) is 0 Å². The Kier molecular flexibility index (Phi) is 8.42. The van der Waals surface area contributed by atoms with Crippen LogP contribution in [0, 0.1) is 25.2 Å². The summed E-state index contributed by atoms with van der Waals surface area (Å²) in [5, 5.41) is 9.49. The molecule has 7 heteroatoms. The topological polar surface area (TPSA) is 84.6 Å². The number of nitriles is 1. The van der Waals surface area contributed by atoms with E-state index in [1.807, 2.05) is 68.7 Å². The maximum Gasteiger partial charge on any atom is 0.349 e. The monoisotopic (exact) mass is 435 g/mol. The van der Waals surface area contributed by atoms with Gasteiger partial charge in [-0.05, 0) is 69.7 Å². The molecular weight excluding hydrogens is 406 g/mol. The average molecular weight is 436 g/mol. The highest BCUT2D eigenvalue weighted by atomic mass is 16.5. The number of carbonyl (C=O) groups is 2. The molecule has 0 unspecified atom stereocenters. The minimum absolute atomic E-state index is 0.171. The highest BCUT2D eigenvalue weighted by Crippen LogP contribution is 2.24. The summed E-state index contributed by atoms with van der Waals surface area (Å²) >= 11 is 0. The lowest BCUT2D eigenvalue weighted by molar-refractivity contribution is -0.148.